The van der Waals surface area contributed by atoms with Gasteiger partial charge in [-0.3, -0.25) is 20.7 Å². The summed E-state index contributed by atoms with van der Waals surface area (Å²) in [6.45, 7) is 12.4. The first-order chi connectivity index (χ1) is 11.5. The molecule has 5 nitrogen and oxygen atoms in total. The molecular weight excluding hydrogens is 334 g/mol. The Morgan fingerprint density at radius 3 is 2.64 bits per heavy atom. The van der Waals surface area contributed by atoms with Gasteiger partial charge in [0.2, 0.25) is 0 Å². The van der Waals surface area contributed by atoms with Gasteiger partial charge in [-0.15, -0.1) is 12.4 Å². The van der Waals surface area contributed by atoms with E-state index < -0.39 is 0 Å². The van der Waals surface area contributed by atoms with Gasteiger partial charge >= 0.3 is 0 Å². The highest BCUT2D eigenvalue weighted by molar-refractivity contribution is 5.85. The Morgan fingerprint density at radius 2 is 2.00 bits per heavy atom. The van der Waals surface area contributed by atoms with Gasteiger partial charge in [-0.2, -0.15) is 0 Å². The van der Waals surface area contributed by atoms with Crippen LogP contribution in [0.1, 0.15) is 39.3 Å². The van der Waals surface area contributed by atoms with Crippen molar-refractivity contribution in [2.45, 2.75) is 52.2 Å². The molecule has 2 fully saturated rings. The molecular formula is C19H34ClN5. The third-order valence-corrected chi connectivity index (χ3v) is 5.39. The summed E-state index contributed by atoms with van der Waals surface area (Å²) >= 11 is 0. The Balaban J connectivity index is 0.00000225. The van der Waals surface area contributed by atoms with Crippen LogP contribution in [0.25, 0.3) is 0 Å². The van der Waals surface area contributed by atoms with E-state index in [1.54, 1.807) is 0 Å². The number of piperidine rings is 1. The molecule has 3 rings (SSSR count). The fourth-order valence-corrected chi connectivity index (χ4v) is 3.98. The maximum absolute atomic E-state index is 4.44. The van der Waals surface area contributed by atoms with Gasteiger partial charge in [-0.05, 0) is 30.4 Å². The Bertz CT molecular complexity index is 496. The monoisotopic (exact) mass is 367 g/mol. The third kappa shape index (κ3) is 5.90. The Morgan fingerprint density at radius 1 is 1.24 bits per heavy atom. The smallest absolute Gasteiger partial charge is 0.0543 e. The van der Waals surface area contributed by atoms with Gasteiger partial charge in [0.25, 0.3) is 0 Å². The summed E-state index contributed by atoms with van der Waals surface area (Å²) in [4.78, 5) is 6.97. The first-order valence-corrected chi connectivity index (χ1v) is 9.36. The van der Waals surface area contributed by atoms with E-state index in [0.29, 0.717) is 23.4 Å². The number of pyridine rings is 1. The number of halogens is 1. The maximum atomic E-state index is 4.44. The average Bonchev–Trinajstić information content (AvgIpc) is 3.04. The lowest BCUT2D eigenvalue weighted by Gasteiger charge is -2.35. The molecule has 0 aliphatic carbocycles. The van der Waals surface area contributed by atoms with Crippen molar-refractivity contribution in [2.75, 3.05) is 26.2 Å². The molecule has 2 aliphatic rings. The zero-order valence-electron chi connectivity index (χ0n) is 15.8. The molecule has 0 spiro atoms. The highest BCUT2D eigenvalue weighted by atomic mass is 35.5. The number of aromatic nitrogens is 1. The Labute approximate surface area is 158 Å². The molecule has 0 aromatic carbocycles. The lowest BCUT2D eigenvalue weighted by atomic mass is 9.80. The number of rotatable bonds is 5. The molecule has 3 heterocycles. The molecule has 2 saturated heterocycles. The van der Waals surface area contributed by atoms with Crippen LogP contribution >= 0.6 is 12.4 Å². The summed E-state index contributed by atoms with van der Waals surface area (Å²) in [6.07, 6.45) is 4.36. The van der Waals surface area contributed by atoms with E-state index in [-0.39, 0.29) is 12.4 Å². The second kappa shape index (κ2) is 9.28. The predicted octanol–water partition coefficient (Wildman–Crippen LogP) is 2.20. The van der Waals surface area contributed by atoms with Gasteiger partial charge in [-0.25, -0.2) is 0 Å². The van der Waals surface area contributed by atoms with Gasteiger partial charge < -0.3 is 5.32 Å². The zero-order chi connectivity index (χ0) is 17.0. The van der Waals surface area contributed by atoms with E-state index in [0.717, 1.165) is 32.7 Å². The number of nitrogens with zero attached hydrogens (tertiary/aromatic N) is 2. The number of likely N-dealkylation sites (tertiary alicyclic amines) is 1. The number of hydrogen-bond donors (Lipinski definition) is 3. The van der Waals surface area contributed by atoms with E-state index >= 15 is 0 Å². The van der Waals surface area contributed by atoms with Crippen molar-refractivity contribution in [1.29, 1.82) is 0 Å². The highest BCUT2D eigenvalue weighted by Crippen LogP contribution is 2.27. The molecule has 1 aromatic rings. The number of hydrazine groups is 1. The molecule has 0 amide bonds. The first kappa shape index (κ1) is 20.6. The maximum Gasteiger partial charge on any atom is 0.0543 e. The highest BCUT2D eigenvalue weighted by Gasteiger charge is 2.36. The molecule has 6 heteroatoms. The van der Waals surface area contributed by atoms with Crippen LogP contribution in [0.5, 0.6) is 0 Å². The van der Waals surface area contributed by atoms with Crippen LogP contribution in [0.2, 0.25) is 0 Å². The predicted molar refractivity (Wildman–Crippen MR) is 106 cm³/mol. The fourth-order valence-electron chi connectivity index (χ4n) is 3.98. The van der Waals surface area contributed by atoms with Crippen LogP contribution < -0.4 is 16.2 Å². The van der Waals surface area contributed by atoms with E-state index in [1.165, 1.54) is 18.5 Å². The molecule has 1 aromatic heterocycles. The summed E-state index contributed by atoms with van der Waals surface area (Å²) in [5.41, 5.74) is 8.28. The molecule has 2 unspecified atom stereocenters. The van der Waals surface area contributed by atoms with Crippen LogP contribution in [0.4, 0.5) is 0 Å². The molecule has 3 N–H and O–H groups in total. The van der Waals surface area contributed by atoms with Crippen LogP contribution in [-0.2, 0) is 6.54 Å². The van der Waals surface area contributed by atoms with Crippen molar-refractivity contribution in [3.05, 3.63) is 30.1 Å². The molecule has 0 saturated carbocycles. The lowest BCUT2D eigenvalue weighted by molar-refractivity contribution is 0.179. The molecule has 25 heavy (non-hydrogen) atoms. The van der Waals surface area contributed by atoms with E-state index in [4.69, 9.17) is 0 Å². The van der Waals surface area contributed by atoms with Crippen molar-refractivity contribution in [1.82, 2.24) is 26.1 Å². The normalized spacial score (nSPS) is 25.7. The van der Waals surface area contributed by atoms with Gasteiger partial charge in [-0.1, -0.05) is 26.8 Å². The molecule has 142 valence electrons. The van der Waals surface area contributed by atoms with E-state index in [2.05, 4.69) is 59.0 Å². The standard InChI is InChI=1S/C19H33N5.ClH/c1-19(2,3)18-15(13-22-23-18)12-21-16-7-10-24(11-8-16)14-17-6-4-5-9-20-17;/h4-6,9,15-16,18,21-23H,7-8,10-14H2,1-3H3;1H. The minimum atomic E-state index is 0. The SMILES string of the molecule is CC(C)(C)C1NNCC1CNC1CCN(Cc2ccccn2)CC1.Cl. The third-order valence-electron chi connectivity index (χ3n) is 5.39. The number of hydrogen-bond acceptors (Lipinski definition) is 5. The summed E-state index contributed by atoms with van der Waals surface area (Å²) < 4.78 is 0. The van der Waals surface area contributed by atoms with Crippen molar-refractivity contribution in [2.24, 2.45) is 11.3 Å². The Hall–Kier alpha value is -0.720. The quantitative estimate of drug-likeness (QED) is 0.744. The van der Waals surface area contributed by atoms with Gasteiger partial charge in [0.05, 0.1) is 5.69 Å². The van der Waals surface area contributed by atoms with Crippen molar-refractivity contribution < 1.29 is 0 Å². The Kier molecular flexibility index (Phi) is 7.65. The van der Waals surface area contributed by atoms with Crippen LogP contribution in [0, 0.1) is 11.3 Å². The van der Waals surface area contributed by atoms with Crippen LogP contribution in [0.3, 0.4) is 0 Å². The minimum Gasteiger partial charge on any atom is -0.313 e. The molecule has 2 aliphatic heterocycles. The van der Waals surface area contributed by atoms with Crippen LogP contribution in [0.15, 0.2) is 24.4 Å². The van der Waals surface area contributed by atoms with Gasteiger partial charge in [0, 0.05) is 56.9 Å². The van der Waals surface area contributed by atoms with Crippen LogP contribution in [-0.4, -0.2) is 48.1 Å². The first-order valence-electron chi connectivity index (χ1n) is 9.36. The molecule has 2 atom stereocenters. The summed E-state index contributed by atoms with van der Waals surface area (Å²) in [6, 6.07) is 7.38. The topological polar surface area (TPSA) is 52.2 Å². The van der Waals surface area contributed by atoms with Crippen molar-refractivity contribution in [3.8, 4) is 0 Å². The fraction of sp³-hybridized carbons (Fsp3) is 0.737. The van der Waals surface area contributed by atoms with E-state index in [1.807, 2.05) is 12.3 Å². The second-order valence-corrected chi connectivity index (χ2v) is 8.41. The number of nitrogens with one attached hydrogen (secondary N) is 3. The van der Waals surface area contributed by atoms with Gasteiger partial charge in [0.15, 0.2) is 0 Å². The molecule has 0 bridgehead atoms. The summed E-state index contributed by atoms with van der Waals surface area (Å²) in [5.74, 6) is 0.663. The minimum absolute atomic E-state index is 0. The summed E-state index contributed by atoms with van der Waals surface area (Å²) in [5, 5.41) is 3.83. The van der Waals surface area contributed by atoms with Gasteiger partial charge in [0.1, 0.15) is 0 Å². The van der Waals surface area contributed by atoms with E-state index in [9.17, 15) is 0 Å². The molecule has 0 radical (unpaired) electrons. The summed E-state index contributed by atoms with van der Waals surface area (Å²) in [7, 11) is 0. The largest absolute Gasteiger partial charge is 0.313 e. The average molecular weight is 368 g/mol. The second-order valence-electron chi connectivity index (χ2n) is 8.41. The zero-order valence-corrected chi connectivity index (χ0v) is 16.6. The lowest BCUT2D eigenvalue weighted by Crippen LogP contribution is -2.47. The van der Waals surface area contributed by atoms with Crippen molar-refractivity contribution >= 4 is 12.4 Å². The van der Waals surface area contributed by atoms with Crippen molar-refractivity contribution in [3.63, 3.8) is 0 Å².